The van der Waals surface area contributed by atoms with Gasteiger partial charge >= 0.3 is 0 Å². The van der Waals surface area contributed by atoms with Crippen molar-refractivity contribution in [3.8, 4) is 0 Å². The summed E-state index contributed by atoms with van der Waals surface area (Å²) in [6.45, 7) is 7.91. The Labute approximate surface area is 183 Å². The SMILES string of the molecule is CCNc1cc(N2CCC[C@@H](CCC(=O)N3CCN(c4ncccn4)CC3)C2)ncn1. The Balaban J connectivity index is 1.24. The molecule has 0 saturated carbocycles. The van der Waals surface area contributed by atoms with E-state index in [9.17, 15) is 4.79 Å². The van der Waals surface area contributed by atoms with Crippen molar-refractivity contribution in [1.29, 1.82) is 0 Å². The molecule has 2 aromatic rings. The van der Waals surface area contributed by atoms with Gasteiger partial charge in [-0.3, -0.25) is 4.79 Å². The van der Waals surface area contributed by atoms with E-state index < -0.39 is 0 Å². The lowest BCUT2D eigenvalue weighted by Crippen LogP contribution is -2.49. The van der Waals surface area contributed by atoms with Crippen LogP contribution in [0.3, 0.4) is 0 Å². The Hall–Kier alpha value is -2.97. The zero-order valence-corrected chi connectivity index (χ0v) is 18.3. The summed E-state index contributed by atoms with van der Waals surface area (Å²) >= 11 is 0. The maximum atomic E-state index is 12.8. The molecule has 9 heteroatoms. The number of carbonyl (C=O) groups excluding carboxylic acids is 1. The number of anilines is 3. The highest BCUT2D eigenvalue weighted by Gasteiger charge is 2.25. The van der Waals surface area contributed by atoms with E-state index >= 15 is 0 Å². The van der Waals surface area contributed by atoms with Crippen LogP contribution in [0, 0.1) is 5.92 Å². The first-order valence-corrected chi connectivity index (χ1v) is 11.3. The molecule has 0 unspecified atom stereocenters. The molecule has 31 heavy (non-hydrogen) atoms. The van der Waals surface area contributed by atoms with Crippen LogP contribution in [0.5, 0.6) is 0 Å². The van der Waals surface area contributed by atoms with Crippen LogP contribution in [0.4, 0.5) is 17.6 Å². The molecule has 4 rings (SSSR count). The molecule has 2 saturated heterocycles. The Morgan fingerprint density at radius 3 is 2.65 bits per heavy atom. The van der Waals surface area contributed by atoms with Gasteiger partial charge in [0.05, 0.1) is 0 Å². The standard InChI is InChI=1S/C22H32N8O/c1-2-23-19-15-20(27-17-26-19)30-10-3-5-18(16-30)6-7-21(31)28-11-13-29(14-12-28)22-24-8-4-9-25-22/h4,8-9,15,17-18H,2-3,5-7,10-14,16H2,1H3,(H,23,26,27)/t18-/m0/s1. The molecular formula is C22H32N8O. The first-order valence-electron chi connectivity index (χ1n) is 11.3. The number of carbonyl (C=O) groups is 1. The van der Waals surface area contributed by atoms with Crippen LogP contribution in [0.2, 0.25) is 0 Å². The second-order valence-corrected chi connectivity index (χ2v) is 8.20. The van der Waals surface area contributed by atoms with E-state index in [0.717, 1.165) is 76.2 Å². The highest BCUT2D eigenvalue weighted by atomic mass is 16.2. The number of nitrogens with zero attached hydrogens (tertiary/aromatic N) is 7. The Bertz CT molecular complexity index is 840. The van der Waals surface area contributed by atoms with Gasteiger partial charge in [-0.15, -0.1) is 0 Å². The maximum Gasteiger partial charge on any atom is 0.225 e. The summed E-state index contributed by atoms with van der Waals surface area (Å²) in [4.78, 5) is 36.6. The Kier molecular flexibility index (Phi) is 7.11. The van der Waals surface area contributed by atoms with Crippen molar-refractivity contribution in [3.63, 3.8) is 0 Å². The second-order valence-electron chi connectivity index (χ2n) is 8.20. The van der Waals surface area contributed by atoms with Crippen LogP contribution in [0.25, 0.3) is 0 Å². The van der Waals surface area contributed by atoms with Gasteiger partial charge in [-0.1, -0.05) is 0 Å². The van der Waals surface area contributed by atoms with Crippen molar-refractivity contribution in [1.82, 2.24) is 24.8 Å². The summed E-state index contributed by atoms with van der Waals surface area (Å²) in [5.74, 6) is 3.38. The molecule has 2 aromatic heterocycles. The highest BCUT2D eigenvalue weighted by Crippen LogP contribution is 2.26. The van der Waals surface area contributed by atoms with Crippen LogP contribution in [-0.2, 0) is 4.79 Å². The molecule has 0 spiro atoms. The summed E-state index contributed by atoms with van der Waals surface area (Å²) in [5, 5.41) is 3.25. The molecule has 0 bridgehead atoms. The van der Waals surface area contributed by atoms with Crippen LogP contribution in [0.1, 0.15) is 32.6 Å². The topological polar surface area (TPSA) is 90.4 Å². The van der Waals surface area contributed by atoms with Crippen LogP contribution < -0.4 is 15.1 Å². The van der Waals surface area contributed by atoms with Gasteiger partial charge in [0.2, 0.25) is 11.9 Å². The quantitative estimate of drug-likeness (QED) is 0.722. The monoisotopic (exact) mass is 424 g/mol. The molecule has 166 valence electrons. The minimum absolute atomic E-state index is 0.266. The van der Waals surface area contributed by atoms with Crippen molar-refractivity contribution >= 4 is 23.5 Å². The number of piperidine rings is 1. The van der Waals surface area contributed by atoms with E-state index in [-0.39, 0.29) is 5.91 Å². The van der Waals surface area contributed by atoms with Crippen molar-refractivity contribution in [2.45, 2.75) is 32.6 Å². The van der Waals surface area contributed by atoms with Crippen molar-refractivity contribution in [2.24, 2.45) is 5.92 Å². The van der Waals surface area contributed by atoms with Crippen LogP contribution in [0.15, 0.2) is 30.9 Å². The molecular weight excluding hydrogens is 392 g/mol. The van der Waals surface area contributed by atoms with Gasteiger partial charge in [0.25, 0.3) is 0 Å². The first-order chi connectivity index (χ1) is 15.2. The Morgan fingerprint density at radius 2 is 1.87 bits per heavy atom. The van der Waals surface area contributed by atoms with E-state index in [2.05, 4.69) is 42.0 Å². The molecule has 2 aliphatic heterocycles. The van der Waals surface area contributed by atoms with Crippen molar-refractivity contribution in [3.05, 3.63) is 30.9 Å². The third-order valence-corrected chi connectivity index (χ3v) is 6.09. The first kappa shape index (κ1) is 21.3. The minimum atomic E-state index is 0.266. The number of piperazine rings is 1. The third-order valence-electron chi connectivity index (χ3n) is 6.09. The molecule has 2 aliphatic rings. The average molecular weight is 425 g/mol. The summed E-state index contributed by atoms with van der Waals surface area (Å²) in [6.07, 6.45) is 9.00. The van der Waals surface area contributed by atoms with Gasteiger partial charge in [0, 0.05) is 70.7 Å². The number of aromatic nitrogens is 4. The van der Waals surface area contributed by atoms with Gasteiger partial charge in [0.15, 0.2) is 0 Å². The van der Waals surface area contributed by atoms with Gasteiger partial charge in [-0.2, -0.15) is 0 Å². The molecule has 1 amide bonds. The van der Waals surface area contributed by atoms with Crippen molar-refractivity contribution < 1.29 is 4.79 Å². The molecule has 0 radical (unpaired) electrons. The summed E-state index contributed by atoms with van der Waals surface area (Å²) < 4.78 is 0. The molecule has 0 aliphatic carbocycles. The number of hydrogen-bond donors (Lipinski definition) is 1. The lowest BCUT2D eigenvalue weighted by Gasteiger charge is -2.36. The minimum Gasteiger partial charge on any atom is -0.370 e. The molecule has 2 fully saturated rings. The van der Waals surface area contributed by atoms with Crippen LogP contribution in [-0.4, -0.2) is 76.6 Å². The molecule has 4 heterocycles. The maximum absolute atomic E-state index is 12.8. The molecule has 9 nitrogen and oxygen atoms in total. The predicted octanol–water partition coefficient (Wildman–Crippen LogP) is 2.04. The van der Waals surface area contributed by atoms with Crippen molar-refractivity contribution in [2.75, 3.05) is 60.9 Å². The lowest BCUT2D eigenvalue weighted by molar-refractivity contribution is -0.131. The average Bonchev–Trinajstić information content (AvgIpc) is 2.84. The normalized spacial score (nSPS) is 19.4. The molecule has 1 N–H and O–H groups in total. The smallest absolute Gasteiger partial charge is 0.225 e. The largest absolute Gasteiger partial charge is 0.370 e. The number of nitrogens with one attached hydrogen (secondary N) is 1. The van der Waals surface area contributed by atoms with E-state index in [1.807, 2.05) is 17.0 Å². The van der Waals surface area contributed by atoms with E-state index in [4.69, 9.17) is 0 Å². The zero-order chi connectivity index (χ0) is 21.5. The molecule has 1 atom stereocenters. The number of hydrogen-bond acceptors (Lipinski definition) is 8. The van der Waals surface area contributed by atoms with Gasteiger partial charge in [-0.05, 0) is 38.2 Å². The zero-order valence-electron chi connectivity index (χ0n) is 18.3. The molecule has 0 aromatic carbocycles. The van der Waals surface area contributed by atoms with Gasteiger partial charge in [-0.25, -0.2) is 19.9 Å². The summed E-state index contributed by atoms with van der Waals surface area (Å²) in [7, 11) is 0. The summed E-state index contributed by atoms with van der Waals surface area (Å²) in [5.41, 5.74) is 0. The predicted molar refractivity (Wildman–Crippen MR) is 121 cm³/mol. The number of amides is 1. The fraction of sp³-hybridized carbons (Fsp3) is 0.591. The number of rotatable bonds is 7. The fourth-order valence-corrected chi connectivity index (χ4v) is 4.40. The second kappa shape index (κ2) is 10.4. The summed E-state index contributed by atoms with van der Waals surface area (Å²) in [6, 6.07) is 3.84. The van der Waals surface area contributed by atoms with Gasteiger partial charge < -0.3 is 20.0 Å². The fourth-order valence-electron chi connectivity index (χ4n) is 4.40. The van der Waals surface area contributed by atoms with E-state index in [0.29, 0.717) is 12.3 Å². The highest BCUT2D eigenvalue weighted by molar-refractivity contribution is 5.76. The van der Waals surface area contributed by atoms with Gasteiger partial charge in [0.1, 0.15) is 18.0 Å². The van der Waals surface area contributed by atoms with E-state index in [1.165, 1.54) is 6.42 Å². The van der Waals surface area contributed by atoms with E-state index in [1.54, 1.807) is 18.7 Å². The Morgan fingerprint density at radius 1 is 1.06 bits per heavy atom. The third kappa shape index (κ3) is 5.59. The van der Waals surface area contributed by atoms with Crippen LogP contribution >= 0.6 is 0 Å². The lowest BCUT2D eigenvalue weighted by atomic mass is 9.93.